The number of nitrogens with one attached hydrogen (secondary N) is 2. The van der Waals surface area contributed by atoms with Gasteiger partial charge in [-0.15, -0.1) is 0 Å². The van der Waals surface area contributed by atoms with Crippen molar-refractivity contribution in [1.29, 1.82) is 0 Å². The van der Waals surface area contributed by atoms with E-state index in [1.54, 1.807) is 12.4 Å². The van der Waals surface area contributed by atoms with E-state index in [0.29, 0.717) is 45.2 Å². The van der Waals surface area contributed by atoms with Gasteiger partial charge in [0.05, 0.1) is 34.8 Å². The Labute approximate surface area is 188 Å². The molecule has 2 N–H and O–H groups in total. The molecular formula is C23H19ClFN7. The lowest BCUT2D eigenvalue weighted by atomic mass is 9.97. The van der Waals surface area contributed by atoms with Crippen LogP contribution in [0.5, 0.6) is 0 Å². The molecule has 0 fully saturated rings. The Balaban J connectivity index is 1.70. The fourth-order valence-corrected chi connectivity index (χ4v) is 4.06. The largest absolute Gasteiger partial charge is 0.362 e. The van der Waals surface area contributed by atoms with Crippen LogP contribution in [0.15, 0.2) is 49.2 Å². The van der Waals surface area contributed by atoms with Crippen molar-refractivity contribution in [2.24, 2.45) is 0 Å². The van der Waals surface area contributed by atoms with Crippen LogP contribution in [0.1, 0.15) is 31.1 Å². The molecule has 0 saturated heterocycles. The summed E-state index contributed by atoms with van der Waals surface area (Å²) in [5, 5.41) is 4.85. The van der Waals surface area contributed by atoms with Crippen molar-refractivity contribution >= 4 is 39.5 Å². The summed E-state index contributed by atoms with van der Waals surface area (Å²) >= 11 is 6.44. The fraction of sp³-hybridized carbons (Fsp3) is 0.174. The van der Waals surface area contributed by atoms with Gasteiger partial charge in [0.2, 0.25) is 0 Å². The number of nitrogens with zero attached hydrogens (tertiary/aromatic N) is 5. The van der Waals surface area contributed by atoms with Gasteiger partial charge in [-0.1, -0.05) is 30.7 Å². The molecule has 1 atom stereocenters. The molecule has 1 aromatic carbocycles. The predicted molar refractivity (Wildman–Crippen MR) is 123 cm³/mol. The maximum Gasteiger partial charge on any atom is 0.182 e. The highest BCUT2D eigenvalue weighted by molar-refractivity contribution is 6.35. The van der Waals surface area contributed by atoms with Crippen LogP contribution in [0.25, 0.3) is 33.3 Å². The number of para-hydroxylation sites is 1. The summed E-state index contributed by atoms with van der Waals surface area (Å²) < 4.78 is 14.2. The molecule has 0 aliphatic carbocycles. The minimum absolute atomic E-state index is 0.227. The molecule has 0 aliphatic rings. The first kappa shape index (κ1) is 20.3. The number of hydrogen-bond donors (Lipinski definition) is 2. The van der Waals surface area contributed by atoms with Crippen LogP contribution in [0.2, 0.25) is 5.02 Å². The van der Waals surface area contributed by atoms with Gasteiger partial charge < -0.3 is 10.3 Å². The van der Waals surface area contributed by atoms with Crippen molar-refractivity contribution in [2.75, 3.05) is 5.32 Å². The lowest BCUT2D eigenvalue weighted by Crippen LogP contribution is -2.12. The fourth-order valence-electron chi connectivity index (χ4n) is 3.84. The van der Waals surface area contributed by atoms with E-state index in [1.807, 2.05) is 32.0 Å². The number of halogens is 2. The van der Waals surface area contributed by atoms with Gasteiger partial charge in [-0.05, 0) is 31.5 Å². The van der Waals surface area contributed by atoms with Gasteiger partial charge in [0.25, 0.3) is 0 Å². The Morgan fingerprint density at radius 3 is 2.88 bits per heavy atom. The van der Waals surface area contributed by atoms with E-state index in [4.69, 9.17) is 16.6 Å². The first-order chi connectivity index (χ1) is 15.5. The third kappa shape index (κ3) is 3.52. The number of fused-ring (bicyclic) bond motifs is 2. The molecule has 5 aromatic rings. The lowest BCUT2D eigenvalue weighted by Gasteiger charge is -2.20. The second kappa shape index (κ2) is 8.12. The quantitative estimate of drug-likeness (QED) is 0.370. The van der Waals surface area contributed by atoms with Gasteiger partial charge in [-0.2, -0.15) is 0 Å². The number of hydrogen-bond acceptors (Lipinski definition) is 6. The summed E-state index contributed by atoms with van der Waals surface area (Å²) in [6.07, 6.45) is 4.91. The van der Waals surface area contributed by atoms with Crippen LogP contribution in [-0.2, 0) is 6.42 Å². The second-order valence-corrected chi connectivity index (χ2v) is 7.84. The summed E-state index contributed by atoms with van der Waals surface area (Å²) in [6, 6.07) is 8.91. The molecule has 4 heterocycles. The van der Waals surface area contributed by atoms with Crippen molar-refractivity contribution in [2.45, 2.75) is 26.3 Å². The van der Waals surface area contributed by atoms with E-state index < -0.39 is 5.82 Å². The summed E-state index contributed by atoms with van der Waals surface area (Å²) in [6.45, 7) is 3.98. The summed E-state index contributed by atoms with van der Waals surface area (Å²) in [5.41, 5.74) is 4.84. The number of pyridine rings is 2. The van der Waals surface area contributed by atoms with Gasteiger partial charge in [0, 0.05) is 22.2 Å². The topological polar surface area (TPSA) is 92.3 Å². The van der Waals surface area contributed by atoms with Crippen molar-refractivity contribution in [3.8, 4) is 11.3 Å². The number of rotatable bonds is 5. The van der Waals surface area contributed by atoms with Crippen LogP contribution in [0, 0.1) is 5.82 Å². The minimum atomic E-state index is -0.417. The van der Waals surface area contributed by atoms with Gasteiger partial charge in [0.15, 0.2) is 11.5 Å². The molecule has 0 unspecified atom stereocenters. The number of aryl methyl sites for hydroxylation is 1. The van der Waals surface area contributed by atoms with Gasteiger partial charge >= 0.3 is 0 Å². The Morgan fingerprint density at radius 2 is 2.03 bits per heavy atom. The average molecular weight is 448 g/mol. The van der Waals surface area contributed by atoms with Crippen molar-refractivity contribution < 1.29 is 4.39 Å². The van der Waals surface area contributed by atoms with Crippen LogP contribution < -0.4 is 5.32 Å². The summed E-state index contributed by atoms with van der Waals surface area (Å²) in [5.74, 6) is 0.199. The van der Waals surface area contributed by atoms with E-state index in [0.717, 1.165) is 16.6 Å². The maximum atomic E-state index is 14.2. The van der Waals surface area contributed by atoms with Gasteiger partial charge in [0.1, 0.15) is 17.7 Å². The summed E-state index contributed by atoms with van der Waals surface area (Å²) in [4.78, 5) is 24.9. The van der Waals surface area contributed by atoms with E-state index in [1.165, 1.54) is 18.6 Å². The number of benzene rings is 1. The first-order valence-corrected chi connectivity index (χ1v) is 10.6. The highest BCUT2D eigenvalue weighted by Crippen LogP contribution is 2.35. The highest BCUT2D eigenvalue weighted by Gasteiger charge is 2.20. The predicted octanol–water partition coefficient (Wildman–Crippen LogP) is 5.49. The number of H-pyrrole nitrogens is 1. The maximum absolute atomic E-state index is 14.2. The Morgan fingerprint density at radius 1 is 1.16 bits per heavy atom. The molecule has 7 nitrogen and oxygen atoms in total. The molecule has 0 saturated carbocycles. The molecule has 9 heteroatoms. The molecule has 0 radical (unpaired) electrons. The lowest BCUT2D eigenvalue weighted by molar-refractivity contribution is 0.620. The standard InChI is InChI=1S/C23H19ClFN7/c1-3-18-16(8-14(25)9-26-18)20-15(7-13-5-4-6-17(24)19(13)32-20)12(2)31-23-21-22(28-10-27-21)29-11-30-23/h4-12H,3H2,1-2H3,(H2,27,28,29,30,31)/t12-/m0/s1. The van der Waals surface area contributed by atoms with E-state index in [9.17, 15) is 4.39 Å². The first-order valence-electron chi connectivity index (χ1n) is 10.2. The van der Waals surface area contributed by atoms with Gasteiger partial charge in [-0.3, -0.25) is 4.98 Å². The molecule has 160 valence electrons. The Kier molecular flexibility index (Phi) is 5.14. The van der Waals surface area contributed by atoms with E-state index in [-0.39, 0.29) is 6.04 Å². The molecular weight excluding hydrogens is 429 g/mol. The smallest absolute Gasteiger partial charge is 0.182 e. The van der Waals surface area contributed by atoms with Crippen molar-refractivity contribution in [3.63, 3.8) is 0 Å². The normalized spacial score (nSPS) is 12.4. The molecule has 0 bridgehead atoms. The number of aromatic nitrogens is 6. The molecule has 0 aliphatic heterocycles. The molecule has 0 spiro atoms. The number of imidazole rings is 1. The van der Waals surface area contributed by atoms with E-state index in [2.05, 4.69) is 30.2 Å². The van der Waals surface area contributed by atoms with Crippen LogP contribution >= 0.6 is 11.6 Å². The van der Waals surface area contributed by atoms with Crippen LogP contribution in [-0.4, -0.2) is 29.9 Å². The molecule has 5 rings (SSSR count). The zero-order valence-electron chi connectivity index (χ0n) is 17.4. The second-order valence-electron chi connectivity index (χ2n) is 7.43. The van der Waals surface area contributed by atoms with Gasteiger partial charge in [-0.25, -0.2) is 24.3 Å². The van der Waals surface area contributed by atoms with Crippen molar-refractivity contribution in [1.82, 2.24) is 29.9 Å². The Bertz CT molecular complexity index is 1450. The number of anilines is 1. The minimum Gasteiger partial charge on any atom is -0.362 e. The zero-order valence-corrected chi connectivity index (χ0v) is 18.2. The molecule has 4 aromatic heterocycles. The van der Waals surface area contributed by atoms with Crippen molar-refractivity contribution in [3.05, 3.63) is 71.3 Å². The SMILES string of the molecule is CCc1ncc(F)cc1-c1nc2c(Cl)cccc2cc1[C@H](C)Nc1ncnc2nc[nH]c12. The van der Waals surface area contributed by atoms with E-state index >= 15 is 0 Å². The monoisotopic (exact) mass is 447 g/mol. The highest BCUT2D eigenvalue weighted by atomic mass is 35.5. The van der Waals surface area contributed by atoms with Crippen LogP contribution in [0.3, 0.4) is 0 Å². The summed E-state index contributed by atoms with van der Waals surface area (Å²) in [7, 11) is 0. The Hall–Kier alpha value is -3.65. The zero-order chi connectivity index (χ0) is 22.2. The molecule has 32 heavy (non-hydrogen) atoms. The third-order valence-electron chi connectivity index (χ3n) is 5.40. The van der Waals surface area contributed by atoms with Crippen LogP contribution in [0.4, 0.5) is 10.2 Å². The number of aromatic amines is 1. The molecule has 0 amide bonds. The average Bonchev–Trinajstić information content (AvgIpc) is 3.28. The third-order valence-corrected chi connectivity index (χ3v) is 5.70.